The molecule has 0 aliphatic heterocycles. The number of aliphatic hydroxyl groups is 1. The standard InChI is InChI=1S/C13H24O/c1-9-8-11-6-4-5-7-13(11,3)10(2)12(9)14/h9-12,14H,4-8H2,1-3H3/t9-,10-,11?,12+,13?/m0/s1. The van der Waals surface area contributed by atoms with Crippen molar-refractivity contribution in [3.8, 4) is 0 Å². The zero-order valence-electron chi connectivity index (χ0n) is 9.79. The van der Waals surface area contributed by atoms with Crippen LogP contribution >= 0.6 is 0 Å². The first kappa shape index (κ1) is 10.5. The number of hydrogen-bond donors (Lipinski definition) is 1. The lowest BCUT2D eigenvalue weighted by atomic mass is 9.53. The van der Waals surface area contributed by atoms with E-state index >= 15 is 0 Å². The van der Waals surface area contributed by atoms with Crippen LogP contribution in [0, 0.1) is 23.2 Å². The molecule has 0 heterocycles. The number of rotatable bonds is 0. The molecule has 2 saturated carbocycles. The van der Waals surface area contributed by atoms with Crippen molar-refractivity contribution >= 4 is 0 Å². The number of aliphatic hydroxyl groups excluding tert-OH is 1. The van der Waals surface area contributed by atoms with E-state index in [-0.39, 0.29) is 6.10 Å². The highest BCUT2D eigenvalue weighted by molar-refractivity contribution is 4.98. The zero-order valence-corrected chi connectivity index (χ0v) is 9.79. The molecule has 0 aromatic heterocycles. The maximum absolute atomic E-state index is 10.2. The fourth-order valence-corrected chi connectivity index (χ4v) is 3.89. The summed E-state index contributed by atoms with van der Waals surface area (Å²) in [5, 5.41) is 10.2. The zero-order chi connectivity index (χ0) is 10.3. The summed E-state index contributed by atoms with van der Waals surface area (Å²) in [5.74, 6) is 1.89. The van der Waals surface area contributed by atoms with Crippen LogP contribution in [0.1, 0.15) is 52.9 Å². The normalized spacial score (nSPS) is 54.0. The maximum atomic E-state index is 10.2. The predicted molar refractivity (Wildman–Crippen MR) is 59.0 cm³/mol. The van der Waals surface area contributed by atoms with E-state index in [1.807, 2.05) is 0 Å². The molecule has 0 aromatic carbocycles. The Labute approximate surface area is 87.9 Å². The van der Waals surface area contributed by atoms with Gasteiger partial charge in [0.2, 0.25) is 0 Å². The molecule has 5 atom stereocenters. The highest BCUT2D eigenvalue weighted by Crippen LogP contribution is 2.54. The lowest BCUT2D eigenvalue weighted by Crippen LogP contribution is -2.49. The third-order valence-electron chi connectivity index (χ3n) is 5.24. The lowest BCUT2D eigenvalue weighted by Gasteiger charge is -2.53. The fraction of sp³-hybridized carbons (Fsp3) is 1.00. The molecule has 14 heavy (non-hydrogen) atoms. The molecule has 1 heteroatoms. The third kappa shape index (κ3) is 1.41. The minimum Gasteiger partial charge on any atom is -0.393 e. The lowest BCUT2D eigenvalue weighted by molar-refractivity contribution is -0.0976. The van der Waals surface area contributed by atoms with Crippen molar-refractivity contribution in [2.45, 2.75) is 59.0 Å². The van der Waals surface area contributed by atoms with Gasteiger partial charge in [0.15, 0.2) is 0 Å². The van der Waals surface area contributed by atoms with Gasteiger partial charge in [0.1, 0.15) is 0 Å². The molecular weight excluding hydrogens is 172 g/mol. The van der Waals surface area contributed by atoms with Crippen molar-refractivity contribution in [1.29, 1.82) is 0 Å². The number of fused-ring (bicyclic) bond motifs is 1. The molecule has 0 aromatic rings. The van der Waals surface area contributed by atoms with Gasteiger partial charge in [0.05, 0.1) is 6.10 Å². The summed E-state index contributed by atoms with van der Waals surface area (Å²) in [6.07, 6.45) is 6.71. The molecule has 2 rings (SSSR count). The molecule has 0 spiro atoms. The molecule has 0 bridgehead atoms. The van der Waals surface area contributed by atoms with Crippen LogP contribution in [0.5, 0.6) is 0 Å². The van der Waals surface area contributed by atoms with Gasteiger partial charge in [0.25, 0.3) is 0 Å². The summed E-state index contributed by atoms with van der Waals surface area (Å²) in [6, 6.07) is 0. The summed E-state index contributed by atoms with van der Waals surface area (Å²) in [4.78, 5) is 0. The highest BCUT2D eigenvalue weighted by atomic mass is 16.3. The van der Waals surface area contributed by atoms with Gasteiger partial charge in [-0.3, -0.25) is 0 Å². The molecule has 1 N–H and O–H groups in total. The van der Waals surface area contributed by atoms with Gasteiger partial charge in [-0.05, 0) is 42.4 Å². The van der Waals surface area contributed by atoms with E-state index in [1.165, 1.54) is 32.1 Å². The minimum absolute atomic E-state index is 0.0608. The van der Waals surface area contributed by atoms with Crippen molar-refractivity contribution in [2.24, 2.45) is 23.2 Å². The Bertz CT molecular complexity index is 209. The Balaban J connectivity index is 2.21. The molecule has 2 aliphatic carbocycles. The molecule has 2 unspecified atom stereocenters. The smallest absolute Gasteiger partial charge is 0.0596 e. The van der Waals surface area contributed by atoms with Crippen LogP contribution < -0.4 is 0 Å². The van der Waals surface area contributed by atoms with Crippen molar-refractivity contribution in [3.63, 3.8) is 0 Å². The van der Waals surface area contributed by atoms with Crippen LogP contribution in [0.25, 0.3) is 0 Å². The summed E-state index contributed by atoms with van der Waals surface area (Å²) >= 11 is 0. The Kier molecular flexibility index (Phi) is 2.63. The molecule has 82 valence electrons. The topological polar surface area (TPSA) is 20.2 Å². The summed E-state index contributed by atoms with van der Waals surface area (Å²) in [5.41, 5.74) is 0.435. The average molecular weight is 196 g/mol. The monoisotopic (exact) mass is 196 g/mol. The van der Waals surface area contributed by atoms with Crippen LogP contribution in [-0.4, -0.2) is 11.2 Å². The Morgan fingerprint density at radius 1 is 1.21 bits per heavy atom. The van der Waals surface area contributed by atoms with E-state index in [1.54, 1.807) is 0 Å². The van der Waals surface area contributed by atoms with Gasteiger partial charge in [-0.2, -0.15) is 0 Å². The fourth-order valence-electron chi connectivity index (χ4n) is 3.89. The second-order valence-corrected chi connectivity index (χ2v) is 5.94. The maximum Gasteiger partial charge on any atom is 0.0596 e. The van der Waals surface area contributed by atoms with Crippen molar-refractivity contribution in [1.82, 2.24) is 0 Å². The van der Waals surface area contributed by atoms with Crippen LogP contribution in [0.2, 0.25) is 0 Å². The number of hydrogen-bond acceptors (Lipinski definition) is 1. The van der Waals surface area contributed by atoms with Gasteiger partial charge < -0.3 is 5.11 Å². The third-order valence-corrected chi connectivity index (χ3v) is 5.24. The predicted octanol–water partition coefficient (Wildman–Crippen LogP) is 3.22. The Morgan fingerprint density at radius 2 is 1.93 bits per heavy atom. The highest BCUT2D eigenvalue weighted by Gasteiger charge is 2.48. The Hall–Kier alpha value is -0.0400. The van der Waals surface area contributed by atoms with E-state index in [4.69, 9.17) is 0 Å². The van der Waals surface area contributed by atoms with E-state index in [0.29, 0.717) is 17.3 Å². The summed E-state index contributed by atoms with van der Waals surface area (Å²) < 4.78 is 0. The molecule has 2 aliphatic rings. The van der Waals surface area contributed by atoms with Gasteiger partial charge >= 0.3 is 0 Å². The van der Waals surface area contributed by atoms with Gasteiger partial charge in [-0.15, -0.1) is 0 Å². The van der Waals surface area contributed by atoms with E-state index in [9.17, 15) is 5.11 Å². The second kappa shape index (κ2) is 3.52. The molecule has 2 fully saturated rings. The van der Waals surface area contributed by atoms with E-state index in [0.717, 1.165) is 5.92 Å². The van der Waals surface area contributed by atoms with Crippen molar-refractivity contribution in [3.05, 3.63) is 0 Å². The van der Waals surface area contributed by atoms with Gasteiger partial charge in [0, 0.05) is 0 Å². The van der Waals surface area contributed by atoms with E-state index < -0.39 is 0 Å². The van der Waals surface area contributed by atoms with Crippen LogP contribution in [0.3, 0.4) is 0 Å². The first-order valence-electron chi connectivity index (χ1n) is 6.24. The first-order chi connectivity index (χ1) is 6.55. The summed E-state index contributed by atoms with van der Waals surface area (Å²) in [7, 11) is 0. The quantitative estimate of drug-likeness (QED) is 0.630. The minimum atomic E-state index is -0.0608. The summed E-state index contributed by atoms with van der Waals surface area (Å²) in [6.45, 7) is 6.89. The Morgan fingerprint density at radius 3 is 2.64 bits per heavy atom. The van der Waals surface area contributed by atoms with Crippen LogP contribution in [0.4, 0.5) is 0 Å². The second-order valence-electron chi connectivity index (χ2n) is 5.94. The molecule has 0 amide bonds. The van der Waals surface area contributed by atoms with E-state index in [2.05, 4.69) is 20.8 Å². The average Bonchev–Trinajstić information content (AvgIpc) is 2.17. The van der Waals surface area contributed by atoms with Gasteiger partial charge in [-0.25, -0.2) is 0 Å². The largest absolute Gasteiger partial charge is 0.393 e. The van der Waals surface area contributed by atoms with Gasteiger partial charge in [-0.1, -0.05) is 33.6 Å². The van der Waals surface area contributed by atoms with Crippen molar-refractivity contribution < 1.29 is 5.11 Å². The first-order valence-corrected chi connectivity index (χ1v) is 6.24. The van der Waals surface area contributed by atoms with Crippen LogP contribution in [-0.2, 0) is 0 Å². The van der Waals surface area contributed by atoms with Crippen LogP contribution in [0.15, 0.2) is 0 Å². The SMILES string of the molecule is C[C@H]1CC2CCCCC2(C)[C@@H](C)[C@@H]1O. The molecule has 0 radical (unpaired) electrons. The molecule has 0 saturated heterocycles. The molecule has 1 nitrogen and oxygen atoms in total. The molecular formula is C13H24O. The van der Waals surface area contributed by atoms with Crippen molar-refractivity contribution in [2.75, 3.05) is 0 Å².